The molecule has 2 N–H and O–H groups in total. The lowest BCUT2D eigenvalue weighted by atomic mass is 10.1. The van der Waals surface area contributed by atoms with Crippen LogP contribution >= 0.6 is 0 Å². The quantitative estimate of drug-likeness (QED) is 0.821. The third kappa shape index (κ3) is 3.39. The van der Waals surface area contributed by atoms with Crippen LogP contribution in [0.15, 0.2) is 24.3 Å². The van der Waals surface area contributed by atoms with Gasteiger partial charge in [-0.05, 0) is 25.5 Å². The van der Waals surface area contributed by atoms with E-state index in [4.69, 9.17) is 4.74 Å². The molecular formula is C16H17FN4O2. The number of nitrogens with zero attached hydrogens (tertiary/aromatic N) is 2. The molecule has 0 unspecified atom stereocenters. The fourth-order valence-corrected chi connectivity index (χ4v) is 2.44. The highest BCUT2D eigenvalue weighted by Gasteiger charge is 2.22. The van der Waals surface area contributed by atoms with Crippen molar-refractivity contribution in [2.45, 2.75) is 13.3 Å². The highest BCUT2D eigenvalue weighted by molar-refractivity contribution is 5.95. The van der Waals surface area contributed by atoms with Crippen LogP contribution in [0.2, 0.25) is 0 Å². The smallest absolute Gasteiger partial charge is 0.270 e. The predicted octanol–water partition coefficient (Wildman–Crippen LogP) is 1.70. The molecule has 6 nitrogen and oxygen atoms in total. The Morgan fingerprint density at radius 2 is 2.17 bits per heavy atom. The number of aryl methyl sites for hydroxylation is 1. The number of ether oxygens (including phenoxy) is 1. The Labute approximate surface area is 133 Å². The highest BCUT2D eigenvalue weighted by atomic mass is 19.1. The van der Waals surface area contributed by atoms with E-state index in [2.05, 4.69) is 20.6 Å². The van der Waals surface area contributed by atoms with Crippen molar-refractivity contribution >= 4 is 11.7 Å². The van der Waals surface area contributed by atoms with Gasteiger partial charge in [-0.1, -0.05) is 12.1 Å². The Kier molecular flexibility index (Phi) is 4.36. The number of amides is 1. The molecule has 0 bridgehead atoms. The van der Waals surface area contributed by atoms with E-state index in [9.17, 15) is 9.18 Å². The lowest BCUT2D eigenvalue weighted by molar-refractivity contribution is 0.0940. The van der Waals surface area contributed by atoms with Crippen molar-refractivity contribution < 1.29 is 13.9 Å². The second-order valence-corrected chi connectivity index (χ2v) is 5.16. The number of fused-ring (bicyclic) bond motifs is 1. The average molecular weight is 316 g/mol. The maximum Gasteiger partial charge on any atom is 0.270 e. The number of hydrogen-bond acceptors (Lipinski definition) is 5. The van der Waals surface area contributed by atoms with Crippen molar-refractivity contribution in [1.82, 2.24) is 15.3 Å². The van der Waals surface area contributed by atoms with Crippen LogP contribution in [0.5, 0.6) is 5.75 Å². The molecule has 2 heterocycles. The number of rotatable bonds is 5. The third-order valence-corrected chi connectivity index (χ3v) is 3.48. The summed E-state index contributed by atoms with van der Waals surface area (Å²) in [6, 6.07) is 6.26. The fourth-order valence-electron chi connectivity index (χ4n) is 2.44. The maximum atomic E-state index is 13.5. The topological polar surface area (TPSA) is 76.1 Å². The van der Waals surface area contributed by atoms with Crippen LogP contribution in [0.3, 0.4) is 0 Å². The van der Waals surface area contributed by atoms with E-state index in [0.29, 0.717) is 36.8 Å². The van der Waals surface area contributed by atoms with Gasteiger partial charge in [0.1, 0.15) is 23.9 Å². The zero-order valence-corrected chi connectivity index (χ0v) is 12.7. The number of para-hydroxylation sites is 1. The van der Waals surface area contributed by atoms with Crippen molar-refractivity contribution in [3.8, 4) is 5.75 Å². The van der Waals surface area contributed by atoms with Gasteiger partial charge < -0.3 is 15.4 Å². The van der Waals surface area contributed by atoms with E-state index in [1.54, 1.807) is 25.1 Å². The Balaban J connectivity index is 1.65. The van der Waals surface area contributed by atoms with Crippen molar-refractivity contribution in [1.29, 1.82) is 0 Å². The summed E-state index contributed by atoms with van der Waals surface area (Å²) in [5, 5.41) is 5.91. The van der Waals surface area contributed by atoms with Gasteiger partial charge in [-0.25, -0.2) is 14.4 Å². The molecule has 2 aromatic rings. The van der Waals surface area contributed by atoms with Gasteiger partial charge in [0, 0.05) is 12.1 Å². The fraction of sp³-hybridized carbons (Fsp3) is 0.312. The molecule has 0 fully saturated rings. The molecule has 1 aliphatic rings. The molecule has 0 atom stereocenters. The standard InChI is InChI=1S/C16H17FN4O2/c1-10-20-14-11(6-7-19-16(14)22)15(21-10)18-8-9-23-13-5-3-2-4-12(13)17/h2-5H,6-9H2,1H3,(H,19,22)(H,18,20,21). The second-order valence-electron chi connectivity index (χ2n) is 5.16. The number of carbonyl (C=O) groups excluding carboxylic acids is 1. The summed E-state index contributed by atoms with van der Waals surface area (Å²) in [6.07, 6.45) is 0.678. The molecule has 1 aromatic carbocycles. The van der Waals surface area contributed by atoms with Crippen molar-refractivity contribution in [2.75, 3.05) is 25.0 Å². The van der Waals surface area contributed by atoms with Gasteiger partial charge in [-0.3, -0.25) is 4.79 Å². The molecule has 0 saturated heterocycles. The zero-order chi connectivity index (χ0) is 16.2. The molecule has 0 aliphatic carbocycles. The summed E-state index contributed by atoms with van der Waals surface area (Å²) in [5.74, 6) is 0.814. The summed E-state index contributed by atoms with van der Waals surface area (Å²) in [4.78, 5) is 20.4. The first-order valence-electron chi connectivity index (χ1n) is 7.42. The summed E-state index contributed by atoms with van der Waals surface area (Å²) >= 11 is 0. The molecule has 1 amide bonds. The normalized spacial score (nSPS) is 13.2. The Morgan fingerprint density at radius 3 is 3.00 bits per heavy atom. The van der Waals surface area contributed by atoms with Crippen LogP contribution in [-0.2, 0) is 6.42 Å². The summed E-state index contributed by atoms with van der Waals surface area (Å²) in [6.45, 7) is 3.03. The molecule has 0 saturated carbocycles. The molecule has 0 radical (unpaired) electrons. The lowest BCUT2D eigenvalue weighted by Crippen LogP contribution is -2.34. The first kappa shape index (κ1) is 15.2. The van der Waals surface area contributed by atoms with Crippen LogP contribution < -0.4 is 15.4 Å². The Morgan fingerprint density at radius 1 is 1.35 bits per heavy atom. The first-order valence-corrected chi connectivity index (χ1v) is 7.42. The Hall–Kier alpha value is -2.70. The van der Waals surface area contributed by atoms with E-state index in [1.807, 2.05) is 0 Å². The van der Waals surface area contributed by atoms with E-state index in [-0.39, 0.29) is 24.1 Å². The largest absolute Gasteiger partial charge is 0.489 e. The highest BCUT2D eigenvalue weighted by Crippen LogP contribution is 2.20. The SMILES string of the molecule is Cc1nc(NCCOc2ccccc2F)c2c(n1)C(=O)NCC2. The predicted molar refractivity (Wildman–Crippen MR) is 83.2 cm³/mol. The van der Waals surface area contributed by atoms with Gasteiger partial charge >= 0.3 is 0 Å². The number of carbonyl (C=O) groups is 1. The molecule has 23 heavy (non-hydrogen) atoms. The molecule has 3 rings (SSSR count). The van der Waals surface area contributed by atoms with E-state index in [0.717, 1.165) is 5.56 Å². The molecule has 1 aliphatic heterocycles. The second kappa shape index (κ2) is 6.60. The Bertz CT molecular complexity index is 736. The van der Waals surface area contributed by atoms with E-state index >= 15 is 0 Å². The van der Waals surface area contributed by atoms with Crippen LogP contribution in [0, 0.1) is 12.7 Å². The van der Waals surface area contributed by atoms with Crippen molar-refractivity contribution in [3.05, 3.63) is 47.2 Å². The minimum atomic E-state index is -0.389. The molecular weight excluding hydrogens is 299 g/mol. The molecule has 1 aromatic heterocycles. The van der Waals surface area contributed by atoms with Crippen LogP contribution in [0.25, 0.3) is 0 Å². The number of hydrogen-bond donors (Lipinski definition) is 2. The maximum absolute atomic E-state index is 13.5. The summed E-state index contributed by atoms with van der Waals surface area (Å²) < 4.78 is 18.8. The molecule has 0 spiro atoms. The summed E-state index contributed by atoms with van der Waals surface area (Å²) in [5.41, 5.74) is 1.23. The van der Waals surface area contributed by atoms with Gasteiger partial charge in [-0.15, -0.1) is 0 Å². The van der Waals surface area contributed by atoms with E-state index in [1.165, 1.54) is 6.07 Å². The minimum absolute atomic E-state index is 0.178. The number of halogens is 1. The van der Waals surface area contributed by atoms with Crippen LogP contribution in [-0.4, -0.2) is 35.6 Å². The number of anilines is 1. The van der Waals surface area contributed by atoms with Crippen LogP contribution in [0.4, 0.5) is 10.2 Å². The third-order valence-electron chi connectivity index (χ3n) is 3.48. The average Bonchev–Trinajstić information content (AvgIpc) is 2.54. The minimum Gasteiger partial charge on any atom is -0.489 e. The van der Waals surface area contributed by atoms with Crippen molar-refractivity contribution in [3.63, 3.8) is 0 Å². The van der Waals surface area contributed by atoms with Gasteiger partial charge in [0.2, 0.25) is 0 Å². The van der Waals surface area contributed by atoms with Gasteiger partial charge in [-0.2, -0.15) is 0 Å². The zero-order valence-electron chi connectivity index (χ0n) is 12.7. The van der Waals surface area contributed by atoms with Crippen molar-refractivity contribution in [2.24, 2.45) is 0 Å². The monoisotopic (exact) mass is 316 g/mol. The first-order chi connectivity index (χ1) is 11.1. The lowest BCUT2D eigenvalue weighted by Gasteiger charge is -2.19. The molecule has 120 valence electrons. The number of aromatic nitrogens is 2. The molecule has 7 heteroatoms. The van der Waals surface area contributed by atoms with E-state index < -0.39 is 0 Å². The number of benzene rings is 1. The number of nitrogens with one attached hydrogen (secondary N) is 2. The summed E-state index contributed by atoms with van der Waals surface area (Å²) in [7, 11) is 0. The van der Waals surface area contributed by atoms with Gasteiger partial charge in [0.25, 0.3) is 5.91 Å². The van der Waals surface area contributed by atoms with Gasteiger partial charge in [0.05, 0.1) is 6.54 Å². The van der Waals surface area contributed by atoms with Gasteiger partial charge in [0.15, 0.2) is 11.6 Å². The van der Waals surface area contributed by atoms with Crippen LogP contribution in [0.1, 0.15) is 21.9 Å².